The normalized spacial score (nSPS) is 11.8. The van der Waals surface area contributed by atoms with Gasteiger partial charge in [0.2, 0.25) is 0 Å². The molecule has 0 bridgehead atoms. The maximum absolute atomic E-state index is 13.2. The van der Waals surface area contributed by atoms with Gasteiger partial charge in [-0.1, -0.05) is 32.9 Å². The molecule has 0 aliphatic heterocycles. The van der Waals surface area contributed by atoms with E-state index in [1.807, 2.05) is 13.0 Å². The smallest absolute Gasteiger partial charge is 0.126 e. The van der Waals surface area contributed by atoms with Crippen LogP contribution in [-0.4, -0.2) is 0 Å². The highest BCUT2D eigenvalue weighted by molar-refractivity contribution is 5.33. The van der Waals surface area contributed by atoms with Crippen molar-refractivity contribution in [2.75, 3.05) is 0 Å². The molecular formula is C12H17F. The molecule has 0 aliphatic carbocycles. The molecule has 0 N–H and O–H groups in total. The third-order valence-corrected chi connectivity index (χ3v) is 2.88. The summed E-state index contributed by atoms with van der Waals surface area (Å²) in [6.07, 6.45) is 1.03. The first kappa shape index (κ1) is 10.2. The highest BCUT2D eigenvalue weighted by Gasteiger charge is 2.20. The average Bonchev–Trinajstić information content (AvgIpc) is 2.09. The molecule has 0 atom stereocenters. The van der Waals surface area contributed by atoms with Crippen molar-refractivity contribution in [3.8, 4) is 0 Å². The third kappa shape index (κ3) is 1.90. The van der Waals surface area contributed by atoms with E-state index < -0.39 is 0 Å². The maximum atomic E-state index is 13.2. The van der Waals surface area contributed by atoms with E-state index in [0.29, 0.717) is 0 Å². The lowest BCUT2D eigenvalue weighted by molar-refractivity contribution is 0.495. The van der Waals surface area contributed by atoms with Gasteiger partial charge >= 0.3 is 0 Å². The monoisotopic (exact) mass is 180 g/mol. The quantitative estimate of drug-likeness (QED) is 0.649. The van der Waals surface area contributed by atoms with Crippen molar-refractivity contribution in [2.24, 2.45) is 0 Å². The number of benzene rings is 1. The first-order valence-corrected chi connectivity index (χ1v) is 4.74. The van der Waals surface area contributed by atoms with Gasteiger partial charge in [-0.3, -0.25) is 0 Å². The summed E-state index contributed by atoms with van der Waals surface area (Å²) in [7, 11) is 0. The van der Waals surface area contributed by atoms with Crippen LogP contribution in [0.1, 0.15) is 38.3 Å². The van der Waals surface area contributed by atoms with Crippen molar-refractivity contribution in [1.82, 2.24) is 0 Å². The summed E-state index contributed by atoms with van der Waals surface area (Å²) in [5.74, 6) is -0.0981. The van der Waals surface area contributed by atoms with Gasteiger partial charge < -0.3 is 0 Å². The fraction of sp³-hybridized carbons (Fsp3) is 0.500. The van der Waals surface area contributed by atoms with Crippen LogP contribution in [0.3, 0.4) is 0 Å². The van der Waals surface area contributed by atoms with Crippen molar-refractivity contribution < 1.29 is 4.39 Å². The standard InChI is InChI=1S/C12H17F/c1-5-12(3,4)10-7-6-8-11(13)9(10)2/h6-8H,5H2,1-4H3. The summed E-state index contributed by atoms with van der Waals surface area (Å²) in [6, 6.07) is 5.32. The summed E-state index contributed by atoms with van der Waals surface area (Å²) in [5, 5.41) is 0. The van der Waals surface area contributed by atoms with E-state index in [4.69, 9.17) is 0 Å². The molecule has 72 valence electrons. The highest BCUT2D eigenvalue weighted by Crippen LogP contribution is 2.30. The van der Waals surface area contributed by atoms with Crippen LogP contribution < -0.4 is 0 Å². The molecule has 13 heavy (non-hydrogen) atoms. The zero-order chi connectivity index (χ0) is 10.1. The zero-order valence-electron chi connectivity index (χ0n) is 8.82. The van der Waals surface area contributed by atoms with Crippen molar-refractivity contribution in [2.45, 2.75) is 39.5 Å². The van der Waals surface area contributed by atoms with E-state index in [2.05, 4.69) is 20.8 Å². The second-order valence-electron chi connectivity index (χ2n) is 4.15. The van der Waals surface area contributed by atoms with Crippen LogP contribution in [0.25, 0.3) is 0 Å². The Morgan fingerprint density at radius 1 is 1.31 bits per heavy atom. The molecule has 0 unspecified atom stereocenters. The van der Waals surface area contributed by atoms with Crippen molar-refractivity contribution in [3.05, 3.63) is 35.1 Å². The van der Waals surface area contributed by atoms with Crippen LogP contribution in [-0.2, 0) is 5.41 Å². The second kappa shape index (κ2) is 3.49. The lowest BCUT2D eigenvalue weighted by Crippen LogP contribution is -2.17. The van der Waals surface area contributed by atoms with Gasteiger partial charge in [0.1, 0.15) is 5.82 Å². The van der Waals surface area contributed by atoms with Crippen LogP contribution in [0.5, 0.6) is 0 Å². The van der Waals surface area contributed by atoms with Crippen LogP contribution in [0.4, 0.5) is 4.39 Å². The first-order chi connectivity index (χ1) is 5.99. The van der Waals surface area contributed by atoms with Gasteiger partial charge in [-0.25, -0.2) is 4.39 Å². The van der Waals surface area contributed by atoms with E-state index in [9.17, 15) is 4.39 Å². The Morgan fingerprint density at radius 3 is 2.46 bits per heavy atom. The van der Waals surface area contributed by atoms with Crippen LogP contribution in [0.2, 0.25) is 0 Å². The van der Waals surface area contributed by atoms with E-state index in [0.717, 1.165) is 17.5 Å². The minimum Gasteiger partial charge on any atom is -0.207 e. The molecule has 0 saturated carbocycles. The minimum atomic E-state index is -0.0981. The third-order valence-electron chi connectivity index (χ3n) is 2.88. The molecule has 0 radical (unpaired) electrons. The van der Waals surface area contributed by atoms with E-state index in [-0.39, 0.29) is 11.2 Å². The SMILES string of the molecule is CCC(C)(C)c1cccc(F)c1C. The predicted octanol–water partition coefficient (Wildman–Crippen LogP) is 3.82. The number of halogens is 1. The molecule has 1 rings (SSSR count). The Hall–Kier alpha value is -0.850. The summed E-state index contributed by atoms with van der Waals surface area (Å²) in [5.41, 5.74) is 1.98. The summed E-state index contributed by atoms with van der Waals surface area (Å²) < 4.78 is 13.2. The van der Waals surface area contributed by atoms with E-state index in [1.54, 1.807) is 6.07 Å². The summed E-state index contributed by atoms with van der Waals surface area (Å²) >= 11 is 0. The number of rotatable bonds is 2. The molecule has 0 nitrogen and oxygen atoms in total. The Bertz CT molecular complexity index is 300. The maximum Gasteiger partial charge on any atom is 0.126 e. The fourth-order valence-electron chi connectivity index (χ4n) is 1.53. The van der Waals surface area contributed by atoms with Crippen molar-refractivity contribution >= 4 is 0 Å². The predicted molar refractivity (Wildman–Crippen MR) is 54.5 cm³/mol. The molecule has 0 amide bonds. The van der Waals surface area contributed by atoms with Gasteiger partial charge in [-0.2, -0.15) is 0 Å². The largest absolute Gasteiger partial charge is 0.207 e. The minimum absolute atomic E-state index is 0.0756. The molecule has 0 saturated heterocycles. The van der Waals surface area contributed by atoms with E-state index in [1.165, 1.54) is 6.07 Å². The molecule has 0 aliphatic rings. The lowest BCUT2D eigenvalue weighted by atomic mass is 9.80. The van der Waals surface area contributed by atoms with Crippen LogP contribution in [0, 0.1) is 12.7 Å². The lowest BCUT2D eigenvalue weighted by Gasteiger charge is -2.25. The number of hydrogen-bond donors (Lipinski definition) is 0. The molecule has 0 spiro atoms. The summed E-state index contributed by atoms with van der Waals surface area (Å²) in [4.78, 5) is 0. The van der Waals surface area contributed by atoms with Gasteiger partial charge in [0.25, 0.3) is 0 Å². The van der Waals surface area contributed by atoms with Gasteiger partial charge in [-0.15, -0.1) is 0 Å². The van der Waals surface area contributed by atoms with Crippen molar-refractivity contribution in [1.29, 1.82) is 0 Å². The van der Waals surface area contributed by atoms with Crippen LogP contribution >= 0.6 is 0 Å². The molecule has 1 aromatic carbocycles. The zero-order valence-corrected chi connectivity index (χ0v) is 8.82. The van der Waals surface area contributed by atoms with Crippen molar-refractivity contribution in [3.63, 3.8) is 0 Å². The fourth-order valence-corrected chi connectivity index (χ4v) is 1.53. The molecular weight excluding hydrogens is 163 g/mol. The molecule has 1 aromatic rings. The van der Waals surface area contributed by atoms with Gasteiger partial charge in [0, 0.05) is 0 Å². The molecule has 1 heteroatoms. The van der Waals surface area contributed by atoms with Gasteiger partial charge in [0.15, 0.2) is 0 Å². The van der Waals surface area contributed by atoms with Gasteiger partial charge in [0.05, 0.1) is 0 Å². The summed E-state index contributed by atoms with van der Waals surface area (Å²) in [6.45, 7) is 8.27. The number of hydrogen-bond acceptors (Lipinski definition) is 0. The second-order valence-corrected chi connectivity index (χ2v) is 4.15. The van der Waals surface area contributed by atoms with Crippen LogP contribution in [0.15, 0.2) is 18.2 Å². The Kier molecular flexibility index (Phi) is 2.74. The Morgan fingerprint density at radius 2 is 1.92 bits per heavy atom. The molecule has 0 aromatic heterocycles. The Labute approximate surface area is 79.8 Å². The molecule has 0 heterocycles. The average molecular weight is 180 g/mol. The topological polar surface area (TPSA) is 0 Å². The van der Waals surface area contributed by atoms with Gasteiger partial charge in [-0.05, 0) is 36.0 Å². The Balaban J connectivity index is 3.22. The highest BCUT2D eigenvalue weighted by atomic mass is 19.1. The van der Waals surface area contributed by atoms with E-state index >= 15 is 0 Å². The first-order valence-electron chi connectivity index (χ1n) is 4.74. The molecule has 0 fully saturated rings.